The number of rotatable bonds is 2. The third-order valence-electron chi connectivity index (χ3n) is 3.96. The Kier molecular flexibility index (Phi) is 3.25. The van der Waals surface area contributed by atoms with E-state index in [1.807, 2.05) is 35.4 Å². The molecule has 1 saturated heterocycles. The molecule has 3 N–H and O–H groups in total. The van der Waals surface area contributed by atoms with Gasteiger partial charge < -0.3 is 15.6 Å². The lowest BCUT2D eigenvalue weighted by Crippen LogP contribution is -2.47. The monoisotopic (exact) mass is 257 g/mol. The Bertz CT molecular complexity index is 590. The van der Waals surface area contributed by atoms with Crippen LogP contribution < -0.4 is 5.73 Å². The average molecular weight is 257 g/mol. The molecule has 1 unspecified atom stereocenters. The number of carbonyl (C=O) groups is 1. The third kappa shape index (κ3) is 2.24. The van der Waals surface area contributed by atoms with Gasteiger partial charge in [-0.05, 0) is 42.8 Å². The number of fused-ring (bicyclic) bond motifs is 1. The molecule has 100 valence electrons. The maximum Gasteiger partial charge on any atom is 0.254 e. The maximum absolute atomic E-state index is 12.6. The second kappa shape index (κ2) is 5.05. The van der Waals surface area contributed by atoms with Crippen molar-refractivity contribution in [2.75, 3.05) is 13.1 Å². The Morgan fingerprint density at radius 1 is 1.37 bits per heavy atom. The maximum atomic E-state index is 12.6. The summed E-state index contributed by atoms with van der Waals surface area (Å²) < 4.78 is 0. The second-order valence-corrected chi connectivity index (χ2v) is 5.16. The van der Waals surface area contributed by atoms with Crippen LogP contribution in [-0.4, -0.2) is 34.9 Å². The number of H-pyrrole nitrogens is 1. The highest BCUT2D eigenvalue weighted by molar-refractivity contribution is 5.98. The van der Waals surface area contributed by atoms with Crippen molar-refractivity contribution in [1.29, 1.82) is 0 Å². The zero-order chi connectivity index (χ0) is 13.2. The third-order valence-corrected chi connectivity index (χ3v) is 3.96. The first kappa shape index (κ1) is 12.2. The van der Waals surface area contributed by atoms with Crippen molar-refractivity contribution in [3.63, 3.8) is 0 Å². The molecule has 2 aromatic rings. The summed E-state index contributed by atoms with van der Waals surface area (Å²) in [6, 6.07) is 8.02. The lowest BCUT2D eigenvalue weighted by atomic mass is 10.0. The van der Waals surface area contributed by atoms with Crippen LogP contribution in [0.1, 0.15) is 29.6 Å². The molecule has 0 saturated carbocycles. The molecule has 2 heterocycles. The van der Waals surface area contributed by atoms with Crippen molar-refractivity contribution in [3.8, 4) is 0 Å². The van der Waals surface area contributed by atoms with Gasteiger partial charge in [0.15, 0.2) is 0 Å². The number of carbonyl (C=O) groups excluding carboxylic acids is 1. The molecule has 4 heteroatoms. The predicted molar refractivity (Wildman–Crippen MR) is 76.0 cm³/mol. The average Bonchev–Trinajstić information content (AvgIpc) is 2.93. The van der Waals surface area contributed by atoms with Gasteiger partial charge in [-0.25, -0.2) is 0 Å². The van der Waals surface area contributed by atoms with E-state index in [1.54, 1.807) is 0 Å². The van der Waals surface area contributed by atoms with Gasteiger partial charge in [-0.2, -0.15) is 0 Å². The molecule has 0 aliphatic carbocycles. The van der Waals surface area contributed by atoms with Crippen LogP contribution in [0.25, 0.3) is 10.9 Å². The van der Waals surface area contributed by atoms with Gasteiger partial charge in [0.05, 0.1) is 0 Å². The molecule has 1 aromatic carbocycles. The molecule has 0 spiro atoms. The van der Waals surface area contributed by atoms with E-state index in [0.29, 0.717) is 6.54 Å². The summed E-state index contributed by atoms with van der Waals surface area (Å²) in [5.41, 5.74) is 7.54. The highest BCUT2D eigenvalue weighted by Gasteiger charge is 2.26. The first-order valence-electron chi connectivity index (χ1n) is 6.88. The van der Waals surface area contributed by atoms with Gasteiger partial charge in [0.25, 0.3) is 5.91 Å². The summed E-state index contributed by atoms with van der Waals surface area (Å²) in [7, 11) is 0. The van der Waals surface area contributed by atoms with Crippen molar-refractivity contribution in [1.82, 2.24) is 9.88 Å². The second-order valence-electron chi connectivity index (χ2n) is 5.16. The summed E-state index contributed by atoms with van der Waals surface area (Å²) in [4.78, 5) is 17.7. The van der Waals surface area contributed by atoms with Crippen molar-refractivity contribution < 1.29 is 4.79 Å². The molecule has 0 radical (unpaired) electrons. The fourth-order valence-corrected chi connectivity index (χ4v) is 2.86. The number of aromatic amines is 1. The van der Waals surface area contributed by atoms with E-state index in [0.717, 1.165) is 35.9 Å². The van der Waals surface area contributed by atoms with Crippen molar-refractivity contribution in [3.05, 3.63) is 36.0 Å². The predicted octanol–water partition coefficient (Wildman–Crippen LogP) is 2.12. The summed E-state index contributed by atoms with van der Waals surface area (Å²) in [6.45, 7) is 1.37. The number of amides is 1. The van der Waals surface area contributed by atoms with Gasteiger partial charge >= 0.3 is 0 Å². The standard InChI is InChI=1S/C15H19N3O/c16-10-13-3-1-2-8-18(13)15(19)12-5-4-11-6-7-17-14(11)9-12/h4-7,9,13,17H,1-3,8,10,16H2. The Labute approximate surface area is 112 Å². The van der Waals surface area contributed by atoms with Gasteiger partial charge in [-0.3, -0.25) is 4.79 Å². The zero-order valence-electron chi connectivity index (χ0n) is 10.9. The minimum atomic E-state index is 0.103. The number of likely N-dealkylation sites (tertiary alicyclic amines) is 1. The van der Waals surface area contributed by atoms with Crippen molar-refractivity contribution >= 4 is 16.8 Å². The molecule has 19 heavy (non-hydrogen) atoms. The summed E-state index contributed by atoms with van der Waals surface area (Å²) in [5, 5.41) is 1.13. The molecule has 1 fully saturated rings. The lowest BCUT2D eigenvalue weighted by Gasteiger charge is -2.35. The number of hydrogen-bond acceptors (Lipinski definition) is 2. The van der Waals surface area contributed by atoms with Crippen LogP contribution in [-0.2, 0) is 0 Å². The topological polar surface area (TPSA) is 62.1 Å². The molecule has 1 aliphatic rings. The van der Waals surface area contributed by atoms with Crippen LogP contribution in [0.4, 0.5) is 0 Å². The Morgan fingerprint density at radius 2 is 2.26 bits per heavy atom. The van der Waals surface area contributed by atoms with Gasteiger partial charge in [-0.1, -0.05) is 6.07 Å². The molecule has 1 amide bonds. The van der Waals surface area contributed by atoms with Gasteiger partial charge in [-0.15, -0.1) is 0 Å². The van der Waals surface area contributed by atoms with Crippen LogP contribution in [0.15, 0.2) is 30.5 Å². The van der Waals surface area contributed by atoms with E-state index in [4.69, 9.17) is 5.73 Å². The van der Waals surface area contributed by atoms with Crippen LogP contribution in [0, 0.1) is 0 Å². The quantitative estimate of drug-likeness (QED) is 0.865. The van der Waals surface area contributed by atoms with Crippen LogP contribution >= 0.6 is 0 Å². The number of hydrogen-bond donors (Lipinski definition) is 2. The molecular formula is C15H19N3O. The molecule has 4 nitrogen and oxygen atoms in total. The number of nitrogens with two attached hydrogens (primary N) is 1. The van der Waals surface area contributed by atoms with E-state index in [2.05, 4.69) is 4.98 Å². The molecule has 3 rings (SSSR count). The fourth-order valence-electron chi connectivity index (χ4n) is 2.86. The number of aromatic nitrogens is 1. The summed E-state index contributed by atoms with van der Waals surface area (Å²) in [6.07, 6.45) is 5.16. The van der Waals surface area contributed by atoms with Crippen LogP contribution in [0.5, 0.6) is 0 Å². The Balaban J connectivity index is 1.89. The SMILES string of the molecule is NCC1CCCCN1C(=O)c1ccc2cc[nH]c2c1. The minimum Gasteiger partial charge on any atom is -0.361 e. The first-order chi connectivity index (χ1) is 9.29. The Hall–Kier alpha value is -1.81. The summed E-state index contributed by atoms with van der Waals surface area (Å²) >= 11 is 0. The lowest BCUT2D eigenvalue weighted by molar-refractivity contribution is 0.0623. The number of piperidine rings is 1. The fraction of sp³-hybridized carbons (Fsp3) is 0.400. The van der Waals surface area contributed by atoms with E-state index in [-0.39, 0.29) is 11.9 Å². The van der Waals surface area contributed by atoms with Gasteiger partial charge in [0, 0.05) is 36.4 Å². The van der Waals surface area contributed by atoms with E-state index in [9.17, 15) is 4.79 Å². The molecule has 1 aliphatic heterocycles. The first-order valence-corrected chi connectivity index (χ1v) is 6.88. The summed E-state index contributed by atoms with van der Waals surface area (Å²) in [5.74, 6) is 0.103. The van der Waals surface area contributed by atoms with Crippen LogP contribution in [0.3, 0.4) is 0 Å². The van der Waals surface area contributed by atoms with Crippen molar-refractivity contribution in [2.24, 2.45) is 5.73 Å². The number of benzene rings is 1. The van der Waals surface area contributed by atoms with E-state index >= 15 is 0 Å². The van der Waals surface area contributed by atoms with E-state index < -0.39 is 0 Å². The van der Waals surface area contributed by atoms with Gasteiger partial charge in [0.2, 0.25) is 0 Å². The van der Waals surface area contributed by atoms with Gasteiger partial charge in [0.1, 0.15) is 0 Å². The normalized spacial score (nSPS) is 19.8. The highest BCUT2D eigenvalue weighted by Crippen LogP contribution is 2.21. The minimum absolute atomic E-state index is 0.103. The van der Waals surface area contributed by atoms with E-state index in [1.165, 1.54) is 6.42 Å². The highest BCUT2D eigenvalue weighted by atomic mass is 16.2. The largest absolute Gasteiger partial charge is 0.361 e. The Morgan fingerprint density at radius 3 is 3.11 bits per heavy atom. The zero-order valence-corrected chi connectivity index (χ0v) is 10.9. The van der Waals surface area contributed by atoms with Crippen molar-refractivity contribution in [2.45, 2.75) is 25.3 Å². The number of nitrogens with zero attached hydrogens (tertiary/aromatic N) is 1. The van der Waals surface area contributed by atoms with Crippen LogP contribution in [0.2, 0.25) is 0 Å². The molecule has 1 aromatic heterocycles. The number of nitrogens with one attached hydrogen (secondary N) is 1. The molecular weight excluding hydrogens is 238 g/mol. The molecule has 0 bridgehead atoms. The smallest absolute Gasteiger partial charge is 0.254 e. The molecule has 1 atom stereocenters.